The summed E-state index contributed by atoms with van der Waals surface area (Å²) in [6, 6.07) is 24.4. The fourth-order valence-electron chi connectivity index (χ4n) is 2.85. The van der Waals surface area contributed by atoms with Gasteiger partial charge in [-0.2, -0.15) is 10.1 Å². The van der Waals surface area contributed by atoms with Gasteiger partial charge in [0.05, 0.1) is 18.4 Å². The summed E-state index contributed by atoms with van der Waals surface area (Å²) in [6.45, 7) is 0. The second-order valence-corrected chi connectivity index (χ2v) is 7.75. The van der Waals surface area contributed by atoms with Gasteiger partial charge in [0.15, 0.2) is 0 Å². The van der Waals surface area contributed by atoms with Gasteiger partial charge in [0.25, 0.3) is 5.91 Å². The summed E-state index contributed by atoms with van der Waals surface area (Å²) in [5.74, 6) is 0.559. The number of rotatable bonds is 4. The van der Waals surface area contributed by atoms with Gasteiger partial charge in [-0.1, -0.05) is 53.7 Å². The molecule has 29 heavy (non-hydrogen) atoms. The maximum Gasteiger partial charge on any atom is 0.281 e. The second-order valence-electron chi connectivity index (χ2n) is 6.25. The van der Waals surface area contributed by atoms with Crippen LogP contribution in [0.5, 0.6) is 5.75 Å². The first kappa shape index (κ1) is 19.3. The average Bonchev–Trinajstić information content (AvgIpc) is 3.06. The lowest BCUT2D eigenvalue weighted by atomic mass is 10.1. The van der Waals surface area contributed by atoms with Gasteiger partial charge < -0.3 is 4.74 Å². The first-order chi connectivity index (χ1) is 14.1. The van der Waals surface area contributed by atoms with Crippen molar-refractivity contribution in [2.45, 2.75) is 4.90 Å². The van der Waals surface area contributed by atoms with E-state index in [1.54, 1.807) is 7.11 Å². The van der Waals surface area contributed by atoms with Crippen LogP contribution in [0.1, 0.15) is 5.56 Å². The van der Waals surface area contributed by atoms with Crippen molar-refractivity contribution in [2.75, 3.05) is 12.1 Å². The molecule has 0 unspecified atom stereocenters. The molecule has 1 aliphatic rings. The Kier molecular flexibility index (Phi) is 5.69. The number of nitrogens with zero attached hydrogens (tertiary/aromatic N) is 2. The number of amides is 1. The Balaban J connectivity index is 1.74. The van der Waals surface area contributed by atoms with Crippen molar-refractivity contribution >= 4 is 46.1 Å². The van der Waals surface area contributed by atoms with Gasteiger partial charge in [0, 0.05) is 9.92 Å². The number of hydrogen-bond acceptors (Lipinski definition) is 4. The summed E-state index contributed by atoms with van der Waals surface area (Å²) >= 11 is 7.42. The molecule has 1 amide bonds. The van der Waals surface area contributed by atoms with Crippen molar-refractivity contribution in [1.82, 2.24) is 0 Å². The number of ether oxygens (including phenoxy) is 1. The molecule has 3 aromatic rings. The molecule has 0 aliphatic carbocycles. The molecule has 4 rings (SSSR count). The Bertz CT molecular complexity index is 1100. The highest BCUT2D eigenvalue weighted by Crippen LogP contribution is 2.33. The van der Waals surface area contributed by atoms with E-state index in [4.69, 9.17) is 16.3 Å². The van der Waals surface area contributed by atoms with E-state index in [1.165, 1.54) is 16.8 Å². The molecule has 3 aromatic carbocycles. The molecule has 0 N–H and O–H groups in total. The molecular formula is C23H17ClN2O2S. The van der Waals surface area contributed by atoms with Crippen molar-refractivity contribution in [1.29, 1.82) is 0 Å². The van der Waals surface area contributed by atoms with Gasteiger partial charge in [-0.15, -0.1) is 0 Å². The third-order valence-corrected chi connectivity index (χ3v) is 5.53. The summed E-state index contributed by atoms with van der Waals surface area (Å²) in [4.78, 5) is 14.1. The number of benzene rings is 3. The largest absolute Gasteiger partial charge is 0.497 e. The maximum atomic E-state index is 13.2. The predicted molar refractivity (Wildman–Crippen MR) is 120 cm³/mol. The van der Waals surface area contributed by atoms with Gasteiger partial charge in [0.2, 0.25) is 0 Å². The van der Waals surface area contributed by atoms with Crippen LogP contribution >= 0.6 is 23.4 Å². The number of hydrogen-bond donors (Lipinski definition) is 0. The quantitative estimate of drug-likeness (QED) is 0.494. The minimum atomic E-state index is -0.171. The molecule has 0 bridgehead atoms. The Morgan fingerprint density at radius 1 is 1.00 bits per heavy atom. The summed E-state index contributed by atoms with van der Waals surface area (Å²) in [5.41, 5.74) is 2.12. The molecule has 0 spiro atoms. The molecule has 0 saturated carbocycles. The Hall–Kier alpha value is -3.02. The Morgan fingerprint density at radius 3 is 2.48 bits per heavy atom. The van der Waals surface area contributed by atoms with Gasteiger partial charge in [-0.25, -0.2) is 0 Å². The maximum absolute atomic E-state index is 13.2. The van der Waals surface area contributed by atoms with Crippen molar-refractivity contribution in [3.63, 3.8) is 0 Å². The highest BCUT2D eigenvalue weighted by atomic mass is 35.5. The predicted octanol–water partition coefficient (Wildman–Crippen LogP) is 5.88. The highest BCUT2D eigenvalue weighted by Gasteiger charge is 2.31. The van der Waals surface area contributed by atoms with Crippen molar-refractivity contribution in [2.24, 2.45) is 5.10 Å². The normalized spacial score (nSPS) is 15.0. The molecule has 6 heteroatoms. The standard InChI is InChI=1S/C23H17ClN2O2S/c1-28-19-9-5-6-16(14-19)15-21-22(29-20-12-10-17(24)11-13-20)25-26(23(21)27)18-7-3-2-4-8-18/h2-15H,1H3/b21-15-. The zero-order valence-electron chi connectivity index (χ0n) is 15.6. The molecule has 0 saturated heterocycles. The van der Waals surface area contributed by atoms with Crippen LogP contribution in [0.4, 0.5) is 5.69 Å². The number of methoxy groups -OCH3 is 1. The van der Waals surface area contributed by atoms with E-state index < -0.39 is 0 Å². The van der Waals surface area contributed by atoms with E-state index in [0.717, 1.165) is 21.9 Å². The van der Waals surface area contributed by atoms with E-state index in [0.29, 0.717) is 15.6 Å². The van der Waals surface area contributed by atoms with Crippen LogP contribution in [0.25, 0.3) is 6.08 Å². The molecule has 0 radical (unpaired) electrons. The lowest BCUT2D eigenvalue weighted by molar-refractivity contribution is -0.114. The molecule has 0 fully saturated rings. The van der Waals surface area contributed by atoms with Crippen LogP contribution in [-0.2, 0) is 4.79 Å². The van der Waals surface area contributed by atoms with E-state index >= 15 is 0 Å². The number of carbonyl (C=O) groups is 1. The van der Waals surface area contributed by atoms with Gasteiger partial charge in [0.1, 0.15) is 10.8 Å². The van der Waals surface area contributed by atoms with E-state index in [9.17, 15) is 4.79 Å². The molecule has 4 nitrogen and oxygen atoms in total. The Labute approximate surface area is 178 Å². The van der Waals surface area contributed by atoms with Crippen molar-refractivity contribution in [3.8, 4) is 5.75 Å². The zero-order valence-corrected chi connectivity index (χ0v) is 17.2. The molecule has 144 valence electrons. The lowest BCUT2D eigenvalue weighted by Crippen LogP contribution is -2.21. The summed E-state index contributed by atoms with van der Waals surface area (Å²) in [7, 11) is 1.62. The summed E-state index contributed by atoms with van der Waals surface area (Å²) in [6.07, 6.45) is 1.84. The molecule has 0 aromatic heterocycles. The molecule has 1 aliphatic heterocycles. The topological polar surface area (TPSA) is 41.9 Å². The number of hydrazone groups is 1. The fraction of sp³-hybridized carbons (Fsp3) is 0.0435. The number of halogens is 1. The first-order valence-electron chi connectivity index (χ1n) is 8.92. The summed E-state index contributed by atoms with van der Waals surface area (Å²) < 4.78 is 5.30. The highest BCUT2D eigenvalue weighted by molar-refractivity contribution is 8.14. The third-order valence-electron chi connectivity index (χ3n) is 4.28. The number of thioether (sulfide) groups is 1. The third kappa shape index (κ3) is 4.36. The van der Waals surface area contributed by atoms with Gasteiger partial charge in [-0.05, 0) is 60.2 Å². The van der Waals surface area contributed by atoms with E-state index in [1.807, 2.05) is 84.9 Å². The van der Waals surface area contributed by atoms with Crippen LogP contribution in [0.15, 0.2) is 94.4 Å². The van der Waals surface area contributed by atoms with Crippen molar-refractivity contribution in [3.05, 3.63) is 95.0 Å². The van der Waals surface area contributed by atoms with E-state index in [-0.39, 0.29) is 5.91 Å². The average molecular weight is 421 g/mol. The van der Waals surface area contributed by atoms with Crippen molar-refractivity contribution < 1.29 is 9.53 Å². The Morgan fingerprint density at radius 2 is 1.76 bits per heavy atom. The number of anilines is 1. The monoisotopic (exact) mass is 420 g/mol. The van der Waals surface area contributed by atoms with E-state index in [2.05, 4.69) is 5.10 Å². The lowest BCUT2D eigenvalue weighted by Gasteiger charge is -2.10. The summed E-state index contributed by atoms with van der Waals surface area (Å²) in [5, 5.41) is 7.34. The van der Waals surface area contributed by atoms with Gasteiger partial charge >= 0.3 is 0 Å². The van der Waals surface area contributed by atoms with Crippen LogP contribution in [0.2, 0.25) is 5.02 Å². The number of para-hydroxylation sites is 1. The smallest absolute Gasteiger partial charge is 0.281 e. The molecule has 0 atom stereocenters. The fourth-order valence-corrected chi connectivity index (χ4v) is 3.85. The minimum Gasteiger partial charge on any atom is -0.497 e. The molecule has 1 heterocycles. The number of carbonyl (C=O) groups excluding carboxylic acids is 1. The van der Waals surface area contributed by atoms with Crippen LogP contribution < -0.4 is 9.75 Å². The first-order valence-corrected chi connectivity index (χ1v) is 10.1. The van der Waals surface area contributed by atoms with Gasteiger partial charge in [-0.3, -0.25) is 4.79 Å². The zero-order chi connectivity index (χ0) is 20.2. The minimum absolute atomic E-state index is 0.171. The van der Waals surface area contributed by atoms with Crippen LogP contribution in [0, 0.1) is 0 Å². The van der Waals surface area contributed by atoms with Crippen LogP contribution in [-0.4, -0.2) is 18.1 Å². The SMILES string of the molecule is COc1cccc(/C=C2\C(=O)N(c3ccccc3)N=C2Sc2ccc(Cl)cc2)c1. The molecular weight excluding hydrogens is 404 g/mol. The van der Waals surface area contributed by atoms with Crippen LogP contribution in [0.3, 0.4) is 0 Å². The second kappa shape index (κ2) is 8.55.